The van der Waals surface area contributed by atoms with Crippen LogP contribution < -0.4 is 9.64 Å². The second-order valence-corrected chi connectivity index (χ2v) is 8.33. The Hall–Kier alpha value is -0.880. The predicted octanol–water partition coefficient (Wildman–Crippen LogP) is 2.98. The number of halogens is 2. The maximum atomic E-state index is 12.8. The number of alkyl halides is 2. The summed E-state index contributed by atoms with van der Waals surface area (Å²) in [6, 6.07) is 7.10. The molecule has 1 aromatic rings. The first-order valence-corrected chi connectivity index (χ1v) is 9.17. The quantitative estimate of drug-likeness (QED) is 0.537. The van der Waals surface area contributed by atoms with Gasteiger partial charge < -0.3 is 4.74 Å². The van der Waals surface area contributed by atoms with Gasteiger partial charge in [0.05, 0.1) is 24.6 Å². The molecular weight excluding hydrogens is 414 g/mol. The normalized spacial score (nSPS) is 39.5. The number of carbonyl (C=O) groups excluding carboxylic acids is 2. The monoisotopic (exact) mass is 427 g/mol. The SMILES string of the molecule is COc1ccc(N2C(=O)[C@@H]3[C@H]4C[C@@H]([C@@H](Br)[C@H]4Br)[C@H]3C2=O)cc1. The van der Waals surface area contributed by atoms with Gasteiger partial charge in [0.1, 0.15) is 5.75 Å². The van der Waals surface area contributed by atoms with Crippen molar-refractivity contribution in [2.75, 3.05) is 12.0 Å². The summed E-state index contributed by atoms with van der Waals surface area (Å²) in [7, 11) is 1.59. The summed E-state index contributed by atoms with van der Waals surface area (Å²) >= 11 is 7.39. The van der Waals surface area contributed by atoms with Crippen LogP contribution in [0.2, 0.25) is 0 Å². The number of carbonyl (C=O) groups is 2. The van der Waals surface area contributed by atoms with Crippen molar-refractivity contribution in [3.63, 3.8) is 0 Å². The number of amides is 2. The van der Waals surface area contributed by atoms with Crippen molar-refractivity contribution in [2.24, 2.45) is 23.7 Å². The average Bonchev–Trinajstić information content (AvgIpc) is 3.13. The lowest BCUT2D eigenvalue weighted by Gasteiger charge is -2.28. The third-order valence-corrected chi connectivity index (χ3v) is 8.52. The Morgan fingerprint density at radius 3 is 1.95 bits per heavy atom. The van der Waals surface area contributed by atoms with E-state index in [0.29, 0.717) is 11.4 Å². The third kappa shape index (κ3) is 1.80. The van der Waals surface area contributed by atoms with Crippen LogP contribution in [0.15, 0.2) is 24.3 Å². The van der Waals surface area contributed by atoms with Gasteiger partial charge in [0.25, 0.3) is 0 Å². The van der Waals surface area contributed by atoms with Crippen molar-refractivity contribution in [2.45, 2.75) is 16.1 Å². The molecule has 0 unspecified atom stereocenters. The zero-order valence-corrected chi connectivity index (χ0v) is 15.1. The Kier molecular flexibility index (Phi) is 3.38. The molecule has 0 spiro atoms. The van der Waals surface area contributed by atoms with Gasteiger partial charge in [0, 0.05) is 9.65 Å². The maximum Gasteiger partial charge on any atom is 0.238 e. The molecule has 6 heteroatoms. The van der Waals surface area contributed by atoms with Gasteiger partial charge in [0.15, 0.2) is 0 Å². The highest BCUT2D eigenvalue weighted by Crippen LogP contribution is 2.60. The van der Waals surface area contributed by atoms with Crippen molar-refractivity contribution in [3.8, 4) is 5.75 Å². The van der Waals surface area contributed by atoms with E-state index in [1.807, 2.05) is 0 Å². The van der Waals surface area contributed by atoms with Crippen LogP contribution in [0.3, 0.4) is 0 Å². The van der Waals surface area contributed by atoms with Crippen LogP contribution in [0.25, 0.3) is 0 Å². The zero-order chi connectivity index (χ0) is 15.6. The summed E-state index contributed by atoms with van der Waals surface area (Å²) in [6.45, 7) is 0. The van der Waals surface area contributed by atoms with E-state index in [0.717, 1.165) is 6.42 Å². The van der Waals surface area contributed by atoms with E-state index in [-0.39, 0.29) is 45.1 Å². The lowest BCUT2D eigenvalue weighted by Crippen LogP contribution is -2.37. The summed E-state index contributed by atoms with van der Waals surface area (Å²) in [4.78, 5) is 27.6. The first-order chi connectivity index (χ1) is 10.5. The molecule has 1 saturated heterocycles. The smallest absolute Gasteiger partial charge is 0.238 e. The predicted molar refractivity (Wildman–Crippen MR) is 89.5 cm³/mol. The molecule has 0 radical (unpaired) electrons. The lowest BCUT2D eigenvalue weighted by atomic mass is 9.81. The van der Waals surface area contributed by atoms with Crippen LogP contribution in [0.4, 0.5) is 5.69 Å². The molecule has 3 aliphatic rings. The molecule has 0 aromatic heterocycles. The molecule has 0 N–H and O–H groups in total. The molecule has 22 heavy (non-hydrogen) atoms. The number of rotatable bonds is 2. The second kappa shape index (κ2) is 5.06. The molecule has 1 aliphatic heterocycles. The number of methoxy groups -OCH3 is 1. The molecule has 4 nitrogen and oxygen atoms in total. The molecule has 2 amide bonds. The summed E-state index contributed by atoms with van der Waals surface area (Å²) in [5.74, 6) is 0.783. The van der Waals surface area contributed by atoms with Crippen LogP contribution >= 0.6 is 31.9 Å². The summed E-state index contributed by atoms with van der Waals surface area (Å²) in [5, 5.41) is 0. The molecule has 2 aliphatic carbocycles. The fraction of sp³-hybridized carbons (Fsp3) is 0.500. The molecular formula is C16H15Br2NO3. The molecule has 6 atom stereocenters. The number of ether oxygens (including phenoxy) is 1. The molecule has 3 fully saturated rings. The van der Waals surface area contributed by atoms with Gasteiger partial charge in [0.2, 0.25) is 11.8 Å². The summed E-state index contributed by atoms with van der Waals surface area (Å²) < 4.78 is 5.13. The Morgan fingerprint density at radius 2 is 1.50 bits per heavy atom. The highest BCUT2D eigenvalue weighted by atomic mass is 79.9. The van der Waals surface area contributed by atoms with Crippen molar-refractivity contribution >= 4 is 49.4 Å². The Balaban J connectivity index is 1.69. The first-order valence-electron chi connectivity index (χ1n) is 7.34. The van der Waals surface area contributed by atoms with Gasteiger partial charge in [-0.3, -0.25) is 14.5 Å². The number of hydrogen-bond donors (Lipinski definition) is 0. The molecule has 4 rings (SSSR count). The Bertz CT molecular complexity index is 615. The van der Waals surface area contributed by atoms with Crippen molar-refractivity contribution < 1.29 is 14.3 Å². The minimum atomic E-state index is -0.169. The van der Waals surface area contributed by atoms with E-state index < -0.39 is 0 Å². The fourth-order valence-electron chi connectivity index (χ4n) is 4.33. The molecule has 1 heterocycles. The number of benzene rings is 1. The number of hydrogen-bond acceptors (Lipinski definition) is 3. The van der Waals surface area contributed by atoms with E-state index in [4.69, 9.17) is 4.74 Å². The molecule has 1 aromatic carbocycles. The Labute approximate surface area is 145 Å². The number of anilines is 1. The van der Waals surface area contributed by atoms with Gasteiger partial charge >= 0.3 is 0 Å². The van der Waals surface area contributed by atoms with E-state index >= 15 is 0 Å². The standard InChI is InChI=1S/C16H15Br2NO3/c1-22-8-4-2-7(3-5-8)19-15(20)11-9-6-10(12(11)16(19)21)14(18)13(9)17/h2-5,9-14H,6H2,1H3/t9-,10-,11-,12-,13-,14+/m1/s1. The van der Waals surface area contributed by atoms with Crippen LogP contribution in [0, 0.1) is 23.7 Å². The van der Waals surface area contributed by atoms with E-state index in [1.165, 1.54) is 4.90 Å². The minimum absolute atomic E-state index is 0.0449. The van der Waals surface area contributed by atoms with Crippen LogP contribution in [-0.4, -0.2) is 28.6 Å². The first kappa shape index (κ1) is 14.7. The molecule has 2 bridgehead atoms. The average molecular weight is 429 g/mol. The lowest BCUT2D eigenvalue weighted by molar-refractivity contribution is -0.123. The largest absolute Gasteiger partial charge is 0.497 e. The highest BCUT2D eigenvalue weighted by Gasteiger charge is 2.66. The minimum Gasteiger partial charge on any atom is -0.497 e. The van der Waals surface area contributed by atoms with Gasteiger partial charge in [-0.05, 0) is 42.5 Å². The zero-order valence-electron chi connectivity index (χ0n) is 11.9. The van der Waals surface area contributed by atoms with Gasteiger partial charge in [-0.2, -0.15) is 0 Å². The summed E-state index contributed by atoms with van der Waals surface area (Å²) in [6.07, 6.45) is 0.953. The number of imide groups is 1. The number of fused-ring (bicyclic) bond motifs is 5. The van der Waals surface area contributed by atoms with E-state index in [2.05, 4.69) is 31.9 Å². The highest BCUT2D eigenvalue weighted by molar-refractivity contribution is 9.12. The van der Waals surface area contributed by atoms with Crippen LogP contribution in [0.1, 0.15) is 6.42 Å². The van der Waals surface area contributed by atoms with Gasteiger partial charge in [-0.1, -0.05) is 31.9 Å². The van der Waals surface area contributed by atoms with Crippen LogP contribution in [0.5, 0.6) is 5.75 Å². The van der Waals surface area contributed by atoms with E-state index in [1.54, 1.807) is 31.4 Å². The van der Waals surface area contributed by atoms with Crippen molar-refractivity contribution in [1.29, 1.82) is 0 Å². The Morgan fingerprint density at radius 1 is 1.00 bits per heavy atom. The van der Waals surface area contributed by atoms with Crippen LogP contribution in [-0.2, 0) is 9.59 Å². The fourth-order valence-corrected chi connectivity index (χ4v) is 6.21. The molecule has 2 saturated carbocycles. The van der Waals surface area contributed by atoms with Gasteiger partial charge in [-0.25, -0.2) is 0 Å². The molecule has 116 valence electrons. The topological polar surface area (TPSA) is 46.6 Å². The summed E-state index contributed by atoms with van der Waals surface area (Å²) in [5.41, 5.74) is 0.641. The second-order valence-electron chi connectivity index (χ2n) is 6.21. The van der Waals surface area contributed by atoms with Gasteiger partial charge in [-0.15, -0.1) is 0 Å². The third-order valence-electron chi connectivity index (χ3n) is 5.32. The van der Waals surface area contributed by atoms with Crippen molar-refractivity contribution in [1.82, 2.24) is 0 Å². The maximum absolute atomic E-state index is 12.8. The van der Waals surface area contributed by atoms with E-state index in [9.17, 15) is 9.59 Å². The van der Waals surface area contributed by atoms with Crippen molar-refractivity contribution in [3.05, 3.63) is 24.3 Å². The number of nitrogens with zero attached hydrogens (tertiary/aromatic N) is 1.